The van der Waals surface area contributed by atoms with Crippen LogP contribution in [0.5, 0.6) is 0 Å². The second kappa shape index (κ2) is 6.18. The van der Waals surface area contributed by atoms with Crippen LogP contribution in [0.25, 0.3) is 0 Å². The number of nitrogens with zero attached hydrogens (tertiary/aromatic N) is 1. The number of nitrogens with one attached hydrogen (secondary N) is 1. The summed E-state index contributed by atoms with van der Waals surface area (Å²) in [6.45, 7) is 7.35. The van der Waals surface area contributed by atoms with Crippen LogP contribution in [-0.4, -0.2) is 47.6 Å². The van der Waals surface area contributed by atoms with Crippen molar-refractivity contribution < 1.29 is 14.7 Å². The summed E-state index contributed by atoms with van der Waals surface area (Å²) in [7, 11) is 0. The van der Waals surface area contributed by atoms with Crippen LogP contribution in [0.15, 0.2) is 0 Å². The summed E-state index contributed by atoms with van der Waals surface area (Å²) < 4.78 is 0. The first-order valence-electron chi connectivity index (χ1n) is 6.66. The molecule has 0 aromatic heterocycles. The molecular formula is C13H24N2O3. The zero-order chi connectivity index (χ0) is 13.8. The fourth-order valence-corrected chi connectivity index (χ4v) is 2.31. The lowest BCUT2D eigenvalue weighted by molar-refractivity contribution is -0.154. The molecule has 1 amide bonds. The lowest BCUT2D eigenvalue weighted by Crippen LogP contribution is -2.49. The van der Waals surface area contributed by atoms with Crippen molar-refractivity contribution in [2.45, 2.75) is 46.1 Å². The van der Waals surface area contributed by atoms with E-state index in [1.54, 1.807) is 4.90 Å². The van der Waals surface area contributed by atoms with Gasteiger partial charge in [0, 0.05) is 19.1 Å². The summed E-state index contributed by atoms with van der Waals surface area (Å²) in [6.07, 6.45) is 1.76. The highest BCUT2D eigenvalue weighted by molar-refractivity contribution is 5.79. The largest absolute Gasteiger partial charge is 0.481 e. The van der Waals surface area contributed by atoms with Crippen LogP contribution in [0.2, 0.25) is 0 Å². The Bertz CT molecular complexity index is 307. The normalized spacial score (nSPS) is 19.0. The molecule has 18 heavy (non-hydrogen) atoms. The maximum atomic E-state index is 11.9. The smallest absolute Gasteiger partial charge is 0.309 e. The van der Waals surface area contributed by atoms with Crippen LogP contribution in [0.1, 0.15) is 40.0 Å². The fraction of sp³-hybridized carbons (Fsp3) is 0.846. The number of carbonyl (C=O) groups is 2. The Morgan fingerprint density at radius 1 is 1.33 bits per heavy atom. The molecule has 0 saturated carbocycles. The summed E-state index contributed by atoms with van der Waals surface area (Å²) in [5, 5.41) is 12.4. The van der Waals surface area contributed by atoms with E-state index in [0.29, 0.717) is 38.9 Å². The summed E-state index contributed by atoms with van der Waals surface area (Å²) in [5.74, 6) is -0.656. The van der Waals surface area contributed by atoms with E-state index in [2.05, 4.69) is 5.32 Å². The van der Waals surface area contributed by atoms with Gasteiger partial charge in [0.2, 0.25) is 5.91 Å². The lowest BCUT2D eigenvalue weighted by Gasteiger charge is -2.38. The van der Waals surface area contributed by atoms with E-state index >= 15 is 0 Å². The van der Waals surface area contributed by atoms with Gasteiger partial charge in [-0.3, -0.25) is 9.59 Å². The van der Waals surface area contributed by atoms with Gasteiger partial charge in [-0.1, -0.05) is 20.8 Å². The van der Waals surface area contributed by atoms with Crippen molar-refractivity contribution in [2.75, 3.05) is 19.6 Å². The minimum Gasteiger partial charge on any atom is -0.481 e. The Morgan fingerprint density at radius 3 is 2.28 bits per heavy atom. The zero-order valence-corrected chi connectivity index (χ0v) is 11.5. The Balaban J connectivity index is 2.48. The molecule has 1 rings (SSSR count). The lowest BCUT2D eigenvalue weighted by atomic mass is 9.76. The molecule has 2 N–H and O–H groups in total. The van der Waals surface area contributed by atoms with Crippen molar-refractivity contribution in [2.24, 2.45) is 5.41 Å². The van der Waals surface area contributed by atoms with E-state index < -0.39 is 11.4 Å². The maximum Gasteiger partial charge on any atom is 0.309 e. The number of carbonyl (C=O) groups excluding carboxylic acids is 1. The van der Waals surface area contributed by atoms with Gasteiger partial charge in [-0.05, 0) is 19.3 Å². The summed E-state index contributed by atoms with van der Waals surface area (Å²) in [4.78, 5) is 24.9. The SMILES string of the molecule is CCC1(C(=O)O)CCN(C(=O)CNC(C)C)CC1. The van der Waals surface area contributed by atoms with Gasteiger partial charge in [0.1, 0.15) is 0 Å². The number of likely N-dealkylation sites (tertiary alicyclic amines) is 1. The van der Waals surface area contributed by atoms with E-state index in [1.807, 2.05) is 20.8 Å². The molecule has 0 aromatic carbocycles. The maximum absolute atomic E-state index is 11.9. The number of carboxylic acids is 1. The second-order valence-electron chi connectivity index (χ2n) is 5.36. The summed E-state index contributed by atoms with van der Waals surface area (Å²) in [5.41, 5.74) is -0.623. The Hall–Kier alpha value is -1.10. The van der Waals surface area contributed by atoms with Crippen molar-refractivity contribution in [3.8, 4) is 0 Å². The monoisotopic (exact) mass is 256 g/mol. The van der Waals surface area contributed by atoms with Crippen molar-refractivity contribution in [1.82, 2.24) is 10.2 Å². The number of rotatable bonds is 5. The summed E-state index contributed by atoms with van der Waals surface area (Å²) in [6, 6.07) is 0.285. The molecule has 0 radical (unpaired) electrons. The quantitative estimate of drug-likeness (QED) is 0.772. The molecule has 0 aromatic rings. The van der Waals surface area contributed by atoms with Crippen LogP contribution in [0, 0.1) is 5.41 Å². The van der Waals surface area contributed by atoms with Gasteiger partial charge in [-0.2, -0.15) is 0 Å². The molecule has 0 unspecified atom stereocenters. The van der Waals surface area contributed by atoms with Gasteiger partial charge < -0.3 is 15.3 Å². The fourth-order valence-electron chi connectivity index (χ4n) is 2.31. The highest BCUT2D eigenvalue weighted by Gasteiger charge is 2.40. The Morgan fingerprint density at radius 2 is 1.89 bits per heavy atom. The van der Waals surface area contributed by atoms with Crippen molar-refractivity contribution in [1.29, 1.82) is 0 Å². The van der Waals surface area contributed by atoms with Crippen LogP contribution in [-0.2, 0) is 9.59 Å². The van der Waals surface area contributed by atoms with Crippen molar-refractivity contribution >= 4 is 11.9 Å². The van der Waals surface area contributed by atoms with Crippen LogP contribution < -0.4 is 5.32 Å². The number of piperidine rings is 1. The molecule has 0 atom stereocenters. The van der Waals surface area contributed by atoms with Gasteiger partial charge in [-0.15, -0.1) is 0 Å². The van der Waals surface area contributed by atoms with Gasteiger partial charge in [0.15, 0.2) is 0 Å². The molecule has 104 valence electrons. The third-order valence-electron chi connectivity index (χ3n) is 3.87. The van der Waals surface area contributed by atoms with Crippen LogP contribution in [0.4, 0.5) is 0 Å². The Kier molecular flexibility index (Phi) is 5.14. The number of carboxylic acid groups (broad SMARTS) is 1. The van der Waals surface area contributed by atoms with Crippen LogP contribution in [0.3, 0.4) is 0 Å². The molecule has 1 heterocycles. The minimum atomic E-state index is -0.725. The third-order valence-corrected chi connectivity index (χ3v) is 3.87. The van der Waals surface area contributed by atoms with Gasteiger partial charge in [-0.25, -0.2) is 0 Å². The average molecular weight is 256 g/mol. The molecule has 0 spiro atoms. The van der Waals surface area contributed by atoms with Gasteiger partial charge >= 0.3 is 5.97 Å². The first kappa shape index (κ1) is 15.0. The molecule has 0 aliphatic carbocycles. The first-order valence-corrected chi connectivity index (χ1v) is 6.66. The standard InChI is InChI=1S/C13H24N2O3/c1-4-13(12(17)18)5-7-15(8-6-13)11(16)9-14-10(2)3/h10,14H,4-9H2,1-3H3,(H,17,18). The molecule has 5 heteroatoms. The molecule has 1 saturated heterocycles. The van der Waals surface area contributed by atoms with Crippen LogP contribution >= 0.6 is 0 Å². The molecule has 1 aliphatic rings. The molecule has 5 nitrogen and oxygen atoms in total. The number of amides is 1. The Labute approximate surface area is 109 Å². The van der Waals surface area contributed by atoms with Gasteiger partial charge in [0.05, 0.1) is 12.0 Å². The van der Waals surface area contributed by atoms with E-state index in [4.69, 9.17) is 0 Å². The highest BCUT2D eigenvalue weighted by Crippen LogP contribution is 2.35. The first-order chi connectivity index (χ1) is 8.41. The van der Waals surface area contributed by atoms with E-state index in [9.17, 15) is 14.7 Å². The van der Waals surface area contributed by atoms with E-state index in [-0.39, 0.29) is 11.9 Å². The second-order valence-corrected chi connectivity index (χ2v) is 5.36. The minimum absolute atomic E-state index is 0.0683. The highest BCUT2D eigenvalue weighted by atomic mass is 16.4. The van der Waals surface area contributed by atoms with E-state index in [1.165, 1.54) is 0 Å². The van der Waals surface area contributed by atoms with Gasteiger partial charge in [0.25, 0.3) is 0 Å². The molecule has 1 aliphatic heterocycles. The number of aliphatic carboxylic acids is 1. The van der Waals surface area contributed by atoms with Crippen molar-refractivity contribution in [3.05, 3.63) is 0 Å². The average Bonchev–Trinajstić information content (AvgIpc) is 2.35. The predicted octanol–water partition coefficient (Wildman–Crippen LogP) is 1.09. The number of hydrogen-bond donors (Lipinski definition) is 2. The third kappa shape index (κ3) is 3.45. The molecular weight excluding hydrogens is 232 g/mol. The summed E-state index contributed by atoms with van der Waals surface area (Å²) >= 11 is 0. The number of hydrogen-bond acceptors (Lipinski definition) is 3. The zero-order valence-electron chi connectivity index (χ0n) is 11.5. The molecule has 0 bridgehead atoms. The molecule has 1 fully saturated rings. The topological polar surface area (TPSA) is 69.6 Å². The van der Waals surface area contributed by atoms with Crippen molar-refractivity contribution in [3.63, 3.8) is 0 Å². The predicted molar refractivity (Wildman–Crippen MR) is 69.3 cm³/mol. The van der Waals surface area contributed by atoms with E-state index in [0.717, 1.165) is 0 Å².